The maximum atomic E-state index is 14.0. The molecular weight excluding hydrogens is 356 g/mol. The van der Waals surface area contributed by atoms with Gasteiger partial charge in [0.05, 0.1) is 24.1 Å². The molecule has 0 spiro atoms. The van der Waals surface area contributed by atoms with Gasteiger partial charge in [0.25, 0.3) is 0 Å². The van der Waals surface area contributed by atoms with Crippen molar-refractivity contribution in [2.24, 2.45) is 5.92 Å². The van der Waals surface area contributed by atoms with E-state index in [-0.39, 0.29) is 18.7 Å². The van der Waals surface area contributed by atoms with E-state index in [0.29, 0.717) is 6.07 Å². The first-order chi connectivity index (χ1) is 10.6. The number of amides is 1. The molecule has 1 aromatic carbocycles. The summed E-state index contributed by atoms with van der Waals surface area (Å²) in [6, 6.07) is 1.34. The quantitative estimate of drug-likeness (QED) is 0.597. The highest BCUT2D eigenvalue weighted by atomic mass is 35.7. The fourth-order valence-electron chi connectivity index (χ4n) is 2.42. The Labute approximate surface area is 135 Å². The Balaban J connectivity index is 2.35. The van der Waals surface area contributed by atoms with Crippen LogP contribution in [0.1, 0.15) is 16.8 Å². The number of esters is 1. The van der Waals surface area contributed by atoms with Gasteiger partial charge in [0.2, 0.25) is 15.0 Å². The molecule has 0 bridgehead atoms. The molecule has 1 unspecified atom stereocenters. The number of hydrogen-bond donors (Lipinski definition) is 0. The lowest BCUT2D eigenvalue weighted by Crippen LogP contribution is -2.27. The number of hydrogen-bond acceptors (Lipinski definition) is 5. The van der Waals surface area contributed by atoms with Gasteiger partial charge in [-0.25, -0.2) is 22.0 Å². The molecule has 1 heterocycles. The summed E-state index contributed by atoms with van der Waals surface area (Å²) in [6.45, 7) is -0.103. The molecule has 0 aromatic heterocycles. The Morgan fingerprint density at radius 1 is 1.39 bits per heavy atom. The van der Waals surface area contributed by atoms with Gasteiger partial charge in [-0.2, -0.15) is 0 Å². The average Bonchev–Trinajstić information content (AvgIpc) is 2.76. The van der Waals surface area contributed by atoms with Crippen molar-refractivity contribution in [3.05, 3.63) is 29.3 Å². The lowest BCUT2D eigenvalue weighted by molar-refractivity contribution is -0.117. The molecule has 0 radical (unpaired) electrons. The van der Waals surface area contributed by atoms with E-state index in [1.54, 1.807) is 0 Å². The molecule has 23 heavy (non-hydrogen) atoms. The number of halogens is 3. The second kappa shape index (κ2) is 6.40. The number of rotatable bonds is 4. The van der Waals surface area contributed by atoms with Crippen LogP contribution in [0.25, 0.3) is 0 Å². The number of anilines is 1. The van der Waals surface area contributed by atoms with Crippen LogP contribution in [0.4, 0.5) is 14.5 Å². The summed E-state index contributed by atoms with van der Waals surface area (Å²) >= 11 is 0. The molecule has 1 aromatic rings. The number of nitrogens with zero attached hydrogens (tertiary/aromatic N) is 1. The van der Waals surface area contributed by atoms with Gasteiger partial charge in [0, 0.05) is 35.6 Å². The van der Waals surface area contributed by atoms with Crippen LogP contribution in [-0.4, -0.2) is 39.7 Å². The van der Waals surface area contributed by atoms with Crippen LogP contribution in [0.5, 0.6) is 0 Å². The molecule has 10 heteroatoms. The van der Waals surface area contributed by atoms with Crippen LogP contribution >= 0.6 is 10.7 Å². The monoisotopic (exact) mass is 367 g/mol. The van der Waals surface area contributed by atoms with E-state index in [4.69, 9.17) is 10.7 Å². The van der Waals surface area contributed by atoms with Crippen LogP contribution < -0.4 is 4.90 Å². The molecule has 0 saturated carbocycles. The normalized spacial score (nSPS) is 18.3. The number of ether oxygens (including phenoxy) is 1. The predicted molar refractivity (Wildman–Crippen MR) is 77.8 cm³/mol. The smallest absolute Gasteiger partial charge is 0.340 e. The van der Waals surface area contributed by atoms with Crippen LogP contribution in [0.15, 0.2) is 12.1 Å². The number of methoxy groups -OCH3 is 1. The largest absolute Gasteiger partial charge is 0.465 e. The third-order valence-electron chi connectivity index (χ3n) is 3.37. The van der Waals surface area contributed by atoms with Crippen molar-refractivity contribution in [2.45, 2.75) is 6.42 Å². The molecule has 0 aliphatic carbocycles. The minimum atomic E-state index is -3.81. The van der Waals surface area contributed by atoms with Crippen molar-refractivity contribution < 1.29 is 31.5 Å². The van der Waals surface area contributed by atoms with Gasteiger partial charge in [0.1, 0.15) is 11.6 Å². The number of carbonyl (C=O) groups excluding carboxylic acids is 2. The first-order valence-electron chi connectivity index (χ1n) is 6.42. The Morgan fingerprint density at radius 2 is 2.04 bits per heavy atom. The summed E-state index contributed by atoms with van der Waals surface area (Å²) in [7, 11) is 2.37. The number of benzene rings is 1. The standard InChI is InChI=1S/C13H12ClF2NO5S/c1-22-13(19)8-3-11(10(16)4-9(8)15)17-5-7(2-12(17)18)6-23(14,20)21/h3-4,7H,2,5-6H2,1H3. The van der Waals surface area contributed by atoms with E-state index < -0.39 is 49.8 Å². The summed E-state index contributed by atoms with van der Waals surface area (Å²) in [5, 5.41) is 0. The van der Waals surface area contributed by atoms with Crippen LogP contribution in [0.2, 0.25) is 0 Å². The van der Waals surface area contributed by atoms with Crippen molar-refractivity contribution in [3.63, 3.8) is 0 Å². The van der Waals surface area contributed by atoms with Crippen LogP contribution in [-0.2, 0) is 18.6 Å². The van der Waals surface area contributed by atoms with Gasteiger partial charge in [-0.3, -0.25) is 4.79 Å². The highest BCUT2D eigenvalue weighted by Crippen LogP contribution is 2.30. The zero-order chi connectivity index (χ0) is 17.4. The average molecular weight is 368 g/mol. The molecule has 6 nitrogen and oxygen atoms in total. The highest BCUT2D eigenvalue weighted by Gasteiger charge is 2.35. The fraction of sp³-hybridized carbons (Fsp3) is 0.385. The van der Waals surface area contributed by atoms with E-state index in [1.807, 2.05) is 0 Å². The van der Waals surface area contributed by atoms with E-state index in [1.165, 1.54) is 0 Å². The van der Waals surface area contributed by atoms with E-state index in [9.17, 15) is 26.8 Å². The van der Waals surface area contributed by atoms with Crippen LogP contribution in [0.3, 0.4) is 0 Å². The summed E-state index contributed by atoms with van der Waals surface area (Å²) in [4.78, 5) is 24.4. The minimum absolute atomic E-state index is 0.103. The lowest BCUT2D eigenvalue weighted by atomic mass is 10.1. The molecular formula is C13H12ClF2NO5S. The zero-order valence-electron chi connectivity index (χ0n) is 11.9. The van der Waals surface area contributed by atoms with Crippen LogP contribution in [0, 0.1) is 17.6 Å². The highest BCUT2D eigenvalue weighted by molar-refractivity contribution is 8.13. The third kappa shape index (κ3) is 3.97. The van der Waals surface area contributed by atoms with Gasteiger partial charge in [-0.05, 0) is 6.07 Å². The maximum absolute atomic E-state index is 14.0. The van der Waals surface area contributed by atoms with Gasteiger partial charge in [-0.1, -0.05) is 0 Å². The van der Waals surface area contributed by atoms with Gasteiger partial charge in [-0.15, -0.1) is 0 Å². The second-order valence-electron chi connectivity index (χ2n) is 5.06. The summed E-state index contributed by atoms with van der Waals surface area (Å²) < 4.78 is 54.1. The van der Waals surface area contributed by atoms with Gasteiger partial charge >= 0.3 is 5.97 Å². The molecule has 2 rings (SSSR count). The first-order valence-corrected chi connectivity index (χ1v) is 8.90. The SMILES string of the molecule is COC(=O)c1cc(N2CC(CS(=O)(=O)Cl)CC2=O)c(F)cc1F. The summed E-state index contributed by atoms with van der Waals surface area (Å²) in [5.74, 6) is -4.78. The Hall–Kier alpha value is -1.74. The second-order valence-corrected chi connectivity index (χ2v) is 7.88. The Bertz CT molecular complexity index is 768. The topological polar surface area (TPSA) is 80.8 Å². The molecule has 126 valence electrons. The van der Waals surface area contributed by atoms with Crippen molar-refractivity contribution in [2.75, 3.05) is 24.3 Å². The molecule has 1 amide bonds. The van der Waals surface area contributed by atoms with E-state index >= 15 is 0 Å². The fourth-order valence-corrected chi connectivity index (χ4v) is 3.74. The van der Waals surface area contributed by atoms with Crippen molar-refractivity contribution in [1.82, 2.24) is 0 Å². The Morgan fingerprint density at radius 3 is 2.61 bits per heavy atom. The molecule has 1 aliphatic heterocycles. The predicted octanol–water partition coefficient (Wildman–Crippen LogP) is 1.67. The van der Waals surface area contributed by atoms with Crippen molar-refractivity contribution in [3.8, 4) is 0 Å². The first kappa shape index (κ1) is 17.6. The number of carbonyl (C=O) groups is 2. The Kier molecular flexibility index (Phi) is 4.90. The van der Waals surface area contributed by atoms with E-state index in [0.717, 1.165) is 18.1 Å². The van der Waals surface area contributed by atoms with E-state index in [2.05, 4.69) is 4.74 Å². The summed E-state index contributed by atoms with van der Waals surface area (Å²) in [5.41, 5.74) is -0.837. The van der Waals surface area contributed by atoms with Crippen molar-refractivity contribution >= 4 is 37.3 Å². The molecule has 0 N–H and O–H groups in total. The zero-order valence-corrected chi connectivity index (χ0v) is 13.5. The molecule has 1 aliphatic rings. The summed E-state index contributed by atoms with van der Waals surface area (Å²) in [6.07, 6.45) is -0.143. The lowest BCUT2D eigenvalue weighted by Gasteiger charge is -2.18. The maximum Gasteiger partial charge on any atom is 0.340 e. The van der Waals surface area contributed by atoms with Gasteiger partial charge in [0.15, 0.2) is 0 Å². The molecule has 1 fully saturated rings. The minimum Gasteiger partial charge on any atom is -0.465 e. The van der Waals surface area contributed by atoms with Gasteiger partial charge < -0.3 is 9.64 Å². The third-order valence-corrected chi connectivity index (χ3v) is 4.62. The molecule has 1 saturated heterocycles. The van der Waals surface area contributed by atoms with Crippen molar-refractivity contribution in [1.29, 1.82) is 0 Å². The molecule has 1 atom stereocenters.